The third kappa shape index (κ3) is 2.37. The van der Waals surface area contributed by atoms with E-state index < -0.39 is 0 Å². The van der Waals surface area contributed by atoms with Gasteiger partial charge < -0.3 is 10.2 Å². The van der Waals surface area contributed by atoms with Crippen molar-refractivity contribution in [2.75, 3.05) is 25.0 Å². The first-order valence-electron chi connectivity index (χ1n) is 6.23. The molecule has 5 nitrogen and oxygen atoms in total. The lowest BCUT2D eigenvalue weighted by Crippen LogP contribution is -2.36. The number of likely N-dealkylation sites (N-methyl/N-ethyl adjacent to an activating group) is 1. The first-order chi connectivity index (χ1) is 8.52. The number of aromatic nitrogens is 2. The van der Waals surface area contributed by atoms with E-state index >= 15 is 0 Å². The van der Waals surface area contributed by atoms with Crippen LogP contribution in [0, 0.1) is 0 Å². The Hall–Kier alpha value is -1.07. The van der Waals surface area contributed by atoms with Crippen molar-refractivity contribution in [2.45, 2.75) is 32.4 Å². The minimum atomic E-state index is -0.220. The molecule has 1 aromatic heterocycles. The zero-order valence-electron chi connectivity index (χ0n) is 11.0. The molecule has 1 saturated heterocycles. The van der Waals surface area contributed by atoms with Crippen LogP contribution < -0.4 is 15.8 Å². The monoisotopic (exact) mass is 270 g/mol. The molecule has 0 amide bonds. The van der Waals surface area contributed by atoms with Crippen molar-refractivity contribution in [1.29, 1.82) is 0 Å². The number of hydrogen-bond donors (Lipinski definition) is 1. The second kappa shape index (κ2) is 5.28. The third-order valence-corrected chi connectivity index (χ3v) is 3.73. The lowest BCUT2D eigenvalue weighted by Gasteiger charge is -2.26. The van der Waals surface area contributed by atoms with E-state index in [0.29, 0.717) is 11.7 Å². The Morgan fingerprint density at radius 2 is 2.33 bits per heavy atom. The minimum Gasteiger partial charge on any atom is -0.368 e. The molecule has 0 spiro atoms. The fourth-order valence-electron chi connectivity index (χ4n) is 2.22. The van der Waals surface area contributed by atoms with Crippen LogP contribution >= 0.6 is 11.6 Å². The average Bonchev–Trinajstić information content (AvgIpc) is 2.85. The molecule has 1 aromatic rings. The highest BCUT2D eigenvalue weighted by atomic mass is 35.5. The molecule has 0 bridgehead atoms. The predicted octanol–water partition coefficient (Wildman–Crippen LogP) is 1.28. The van der Waals surface area contributed by atoms with Crippen molar-refractivity contribution >= 4 is 17.3 Å². The molecule has 1 aliphatic rings. The number of nitrogens with one attached hydrogen (secondary N) is 1. The number of rotatable bonds is 3. The molecule has 1 N–H and O–H groups in total. The Balaban J connectivity index is 2.34. The third-order valence-electron chi connectivity index (χ3n) is 3.38. The van der Waals surface area contributed by atoms with Gasteiger partial charge in [0.25, 0.3) is 5.56 Å². The smallest absolute Gasteiger partial charge is 0.287 e. The maximum Gasteiger partial charge on any atom is 0.287 e. The number of halogens is 1. The zero-order chi connectivity index (χ0) is 13.3. The van der Waals surface area contributed by atoms with Gasteiger partial charge >= 0.3 is 0 Å². The Morgan fingerprint density at radius 3 is 2.89 bits per heavy atom. The van der Waals surface area contributed by atoms with Gasteiger partial charge in [0.15, 0.2) is 0 Å². The van der Waals surface area contributed by atoms with Gasteiger partial charge in [0.1, 0.15) is 5.02 Å². The van der Waals surface area contributed by atoms with Gasteiger partial charge in [0.2, 0.25) is 0 Å². The molecule has 0 saturated carbocycles. The van der Waals surface area contributed by atoms with Gasteiger partial charge in [-0.2, -0.15) is 5.10 Å². The van der Waals surface area contributed by atoms with E-state index in [1.54, 1.807) is 6.20 Å². The van der Waals surface area contributed by atoms with E-state index in [9.17, 15) is 4.79 Å². The Labute approximate surface area is 112 Å². The molecule has 0 aliphatic carbocycles. The van der Waals surface area contributed by atoms with Crippen LogP contribution in [0.2, 0.25) is 5.02 Å². The maximum absolute atomic E-state index is 12.1. The van der Waals surface area contributed by atoms with E-state index in [1.807, 2.05) is 25.8 Å². The second-order valence-electron chi connectivity index (χ2n) is 4.94. The summed E-state index contributed by atoms with van der Waals surface area (Å²) in [7, 11) is 1.96. The highest BCUT2D eigenvalue weighted by molar-refractivity contribution is 6.33. The fourth-order valence-corrected chi connectivity index (χ4v) is 2.49. The van der Waals surface area contributed by atoms with Crippen LogP contribution in [0.4, 0.5) is 5.69 Å². The summed E-state index contributed by atoms with van der Waals surface area (Å²) in [6, 6.07) is 0.390. The summed E-state index contributed by atoms with van der Waals surface area (Å²) in [6.45, 7) is 5.74. The van der Waals surface area contributed by atoms with E-state index in [1.165, 1.54) is 4.68 Å². The van der Waals surface area contributed by atoms with Crippen LogP contribution in [0.1, 0.15) is 26.3 Å². The number of hydrogen-bond acceptors (Lipinski definition) is 4. The van der Waals surface area contributed by atoms with Crippen molar-refractivity contribution in [3.05, 3.63) is 21.6 Å². The quantitative estimate of drug-likeness (QED) is 0.899. The lowest BCUT2D eigenvalue weighted by atomic mass is 10.2. The summed E-state index contributed by atoms with van der Waals surface area (Å²) in [5.74, 6) is 0. The highest BCUT2D eigenvalue weighted by Crippen LogP contribution is 2.23. The standard InChI is InChI=1S/C12H19ClN4O/c1-8(2)17-12(18)11(13)10(7-15-17)16(3)9-4-5-14-6-9/h7-9,14H,4-6H2,1-3H3. The van der Waals surface area contributed by atoms with Crippen LogP contribution in [-0.4, -0.2) is 36.0 Å². The molecule has 6 heteroatoms. The van der Waals surface area contributed by atoms with Gasteiger partial charge in [-0.15, -0.1) is 0 Å². The molecule has 1 fully saturated rings. The van der Waals surface area contributed by atoms with Gasteiger partial charge in [-0.1, -0.05) is 11.6 Å². The summed E-state index contributed by atoms with van der Waals surface area (Å²) in [4.78, 5) is 14.1. The molecule has 0 radical (unpaired) electrons. The van der Waals surface area contributed by atoms with Crippen LogP contribution in [0.15, 0.2) is 11.0 Å². The average molecular weight is 271 g/mol. The van der Waals surface area contributed by atoms with Crippen LogP contribution in [0.5, 0.6) is 0 Å². The van der Waals surface area contributed by atoms with Crippen molar-refractivity contribution < 1.29 is 0 Å². The largest absolute Gasteiger partial charge is 0.368 e. The molecule has 1 unspecified atom stereocenters. The number of nitrogens with zero attached hydrogens (tertiary/aromatic N) is 3. The summed E-state index contributed by atoms with van der Waals surface area (Å²) >= 11 is 6.18. The highest BCUT2D eigenvalue weighted by Gasteiger charge is 2.23. The number of anilines is 1. The molecule has 1 aliphatic heterocycles. The summed E-state index contributed by atoms with van der Waals surface area (Å²) in [5, 5.41) is 7.74. The molecular formula is C12H19ClN4O. The Morgan fingerprint density at radius 1 is 1.61 bits per heavy atom. The van der Waals surface area contributed by atoms with Gasteiger partial charge in [0.05, 0.1) is 17.9 Å². The predicted molar refractivity (Wildman–Crippen MR) is 73.6 cm³/mol. The van der Waals surface area contributed by atoms with Crippen LogP contribution in [-0.2, 0) is 0 Å². The molecular weight excluding hydrogens is 252 g/mol. The van der Waals surface area contributed by atoms with Gasteiger partial charge in [-0.25, -0.2) is 4.68 Å². The van der Waals surface area contributed by atoms with Crippen molar-refractivity contribution in [2.24, 2.45) is 0 Å². The van der Waals surface area contributed by atoms with Gasteiger partial charge in [0, 0.05) is 19.6 Å². The summed E-state index contributed by atoms with van der Waals surface area (Å²) in [6.07, 6.45) is 2.74. The molecule has 2 rings (SSSR count). The first kappa shape index (κ1) is 13.4. The SMILES string of the molecule is CC(C)n1ncc(N(C)C2CCNC2)c(Cl)c1=O. The van der Waals surface area contributed by atoms with E-state index in [0.717, 1.165) is 19.5 Å². The normalized spacial score (nSPS) is 19.5. The summed E-state index contributed by atoms with van der Waals surface area (Å²) in [5.41, 5.74) is 0.495. The Kier molecular flexibility index (Phi) is 3.92. The van der Waals surface area contributed by atoms with E-state index in [4.69, 9.17) is 11.6 Å². The van der Waals surface area contributed by atoms with Crippen LogP contribution in [0.25, 0.3) is 0 Å². The topological polar surface area (TPSA) is 50.2 Å². The van der Waals surface area contributed by atoms with Gasteiger partial charge in [-0.05, 0) is 26.8 Å². The first-order valence-corrected chi connectivity index (χ1v) is 6.61. The van der Waals surface area contributed by atoms with Crippen molar-refractivity contribution in [3.8, 4) is 0 Å². The van der Waals surface area contributed by atoms with Gasteiger partial charge in [-0.3, -0.25) is 4.79 Å². The summed E-state index contributed by atoms with van der Waals surface area (Å²) < 4.78 is 1.41. The molecule has 2 heterocycles. The molecule has 100 valence electrons. The van der Waals surface area contributed by atoms with Crippen LogP contribution in [0.3, 0.4) is 0 Å². The molecule has 1 atom stereocenters. The fraction of sp³-hybridized carbons (Fsp3) is 0.667. The lowest BCUT2D eigenvalue weighted by molar-refractivity contribution is 0.501. The maximum atomic E-state index is 12.1. The Bertz CT molecular complexity index is 479. The second-order valence-corrected chi connectivity index (χ2v) is 5.32. The zero-order valence-corrected chi connectivity index (χ0v) is 11.7. The molecule has 0 aromatic carbocycles. The van der Waals surface area contributed by atoms with E-state index in [-0.39, 0.29) is 16.6 Å². The van der Waals surface area contributed by atoms with E-state index in [2.05, 4.69) is 10.4 Å². The van der Waals surface area contributed by atoms with Crippen molar-refractivity contribution in [1.82, 2.24) is 15.1 Å². The minimum absolute atomic E-state index is 0.0162. The molecule has 18 heavy (non-hydrogen) atoms. The van der Waals surface area contributed by atoms with Crippen molar-refractivity contribution in [3.63, 3.8) is 0 Å².